The second-order valence-electron chi connectivity index (χ2n) is 10.6. The van der Waals surface area contributed by atoms with E-state index in [1.165, 1.54) is 19.2 Å². The molecule has 0 spiro atoms. The van der Waals surface area contributed by atoms with E-state index in [1.807, 2.05) is 6.92 Å². The Kier molecular flexibility index (Phi) is 4.72. The molecule has 0 radical (unpaired) electrons. The first-order valence-corrected chi connectivity index (χ1v) is 12.0. The van der Waals surface area contributed by atoms with Crippen molar-refractivity contribution in [1.29, 1.82) is 0 Å². The molecule has 1 saturated heterocycles. The highest BCUT2D eigenvalue weighted by molar-refractivity contribution is 5.78. The van der Waals surface area contributed by atoms with Crippen molar-refractivity contribution < 1.29 is 23.5 Å². The molecular formula is C25H30FN3O4. The van der Waals surface area contributed by atoms with Gasteiger partial charge >= 0.3 is 12.1 Å². The standard InChI is InChI=1S/C25H30FN3O4/c1-14-27-20-9-18(26)3-4-21(20)29(14)19-5-6-28(13-19)24(31)33-22-16-7-15-8-17(22)12-25(10-15,11-16)23(30)32-2/h3-4,9,15-17,19,22H,5-8,10-13H2,1-2H3/t15?,16-,17?,19?,22?,25?/m0/s1. The van der Waals surface area contributed by atoms with Crippen molar-refractivity contribution in [3.05, 3.63) is 29.8 Å². The smallest absolute Gasteiger partial charge is 0.410 e. The van der Waals surface area contributed by atoms with Gasteiger partial charge < -0.3 is 18.9 Å². The molecule has 1 aromatic carbocycles. The van der Waals surface area contributed by atoms with E-state index in [4.69, 9.17) is 9.47 Å². The highest BCUT2D eigenvalue weighted by Crippen LogP contribution is 2.61. The van der Waals surface area contributed by atoms with Crippen molar-refractivity contribution >= 4 is 23.1 Å². The Morgan fingerprint density at radius 2 is 1.94 bits per heavy atom. The molecule has 5 aliphatic rings. The van der Waals surface area contributed by atoms with Gasteiger partial charge in [-0.05, 0) is 75.3 Å². The van der Waals surface area contributed by atoms with E-state index in [1.54, 1.807) is 11.0 Å². The number of hydrogen-bond acceptors (Lipinski definition) is 5. The molecule has 6 atom stereocenters. The Bertz CT molecular complexity index is 1110. The molecule has 0 N–H and O–H groups in total. The Morgan fingerprint density at radius 1 is 1.18 bits per heavy atom. The van der Waals surface area contributed by atoms with Crippen LogP contribution in [-0.2, 0) is 14.3 Å². The van der Waals surface area contributed by atoms with Crippen LogP contribution in [0.5, 0.6) is 0 Å². The first kappa shape index (κ1) is 20.9. The largest absolute Gasteiger partial charge is 0.469 e. The maximum atomic E-state index is 13.6. The van der Waals surface area contributed by atoms with Crippen LogP contribution in [0.2, 0.25) is 0 Å². The summed E-state index contributed by atoms with van der Waals surface area (Å²) in [5, 5.41) is 0. The number of benzene rings is 1. The lowest BCUT2D eigenvalue weighted by atomic mass is 9.48. The summed E-state index contributed by atoms with van der Waals surface area (Å²) in [7, 11) is 1.48. The van der Waals surface area contributed by atoms with Crippen LogP contribution in [0.1, 0.15) is 50.4 Å². The van der Waals surface area contributed by atoms with Crippen LogP contribution in [0.3, 0.4) is 0 Å². The number of aromatic nitrogens is 2. The SMILES string of the molecule is COC(=O)C12CC3CC(C1)C(OC(=O)N1CCC(n4c(C)nc5cc(F)ccc54)C1)[C@@H](C3)C2. The number of rotatable bonds is 3. The first-order chi connectivity index (χ1) is 15.9. The van der Waals surface area contributed by atoms with E-state index in [-0.39, 0.29) is 47.3 Å². The highest BCUT2D eigenvalue weighted by Gasteiger charge is 2.60. The molecule has 7 rings (SSSR count). The monoisotopic (exact) mass is 455 g/mol. The Labute approximate surface area is 192 Å². The van der Waals surface area contributed by atoms with Crippen LogP contribution in [0.15, 0.2) is 18.2 Å². The summed E-state index contributed by atoms with van der Waals surface area (Å²) in [4.78, 5) is 32.0. The molecule has 176 valence electrons. The molecule has 7 nitrogen and oxygen atoms in total. The van der Waals surface area contributed by atoms with E-state index in [0.717, 1.165) is 49.9 Å². The number of amides is 1. The molecule has 8 heteroatoms. The number of imidazole rings is 1. The van der Waals surface area contributed by atoms with Crippen molar-refractivity contribution in [2.75, 3.05) is 20.2 Å². The van der Waals surface area contributed by atoms with Gasteiger partial charge in [0.15, 0.2) is 0 Å². The van der Waals surface area contributed by atoms with Crippen LogP contribution in [0, 0.1) is 35.9 Å². The minimum absolute atomic E-state index is 0.0862. The second-order valence-corrected chi connectivity index (χ2v) is 10.6. The molecule has 2 heterocycles. The Hall–Kier alpha value is -2.64. The lowest BCUT2D eigenvalue weighted by Crippen LogP contribution is -2.58. The summed E-state index contributed by atoms with van der Waals surface area (Å²) < 4.78 is 27.0. The lowest BCUT2D eigenvalue weighted by Gasteiger charge is -2.57. The molecule has 5 fully saturated rings. The van der Waals surface area contributed by atoms with Crippen LogP contribution >= 0.6 is 0 Å². The van der Waals surface area contributed by atoms with Gasteiger partial charge in [0.2, 0.25) is 0 Å². The van der Waals surface area contributed by atoms with E-state index < -0.39 is 0 Å². The summed E-state index contributed by atoms with van der Waals surface area (Å²) >= 11 is 0. The van der Waals surface area contributed by atoms with Gasteiger partial charge in [-0.2, -0.15) is 0 Å². The molecule has 4 aliphatic carbocycles. The third-order valence-electron chi connectivity index (χ3n) is 8.66. The zero-order chi connectivity index (χ0) is 22.9. The van der Waals surface area contributed by atoms with Crippen molar-refractivity contribution in [1.82, 2.24) is 14.5 Å². The maximum absolute atomic E-state index is 13.6. The molecule has 5 unspecified atom stereocenters. The normalized spacial score (nSPS) is 34.8. The second kappa shape index (κ2) is 7.43. The fourth-order valence-corrected chi connectivity index (χ4v) is 7.60. The first-order valence-electron chi connectivity index (χ1n) is 12.0. The van der Waals surface area contributed by atoms with Gasteiger partial charge in [0, 0.05) is 19.2 Å². The number of methoxy groups -OCH3 is 1. The fraction of sp³-hybridized carbons (Fsp3) is 0.640. The summed E-state index contributed by atoms with van der Waals surface area (Å²) in [6.07, 6.45) is 4.97. The predicted octanol–water partition coefficient (Wildman–Crippen LogP) is 4.24. The predicted molar refractivity (Wildman–Crippen MR) is 118 cm³/mol. The van der Waals surface area contributed by atoms with Crippen molar-refractivity contribution in [2.24, 2.45) is 23.2 Å². The number of esters is 1. The third kappa shape index (κ3) is 3.24. The topological polar surface area (TPSA) is 73.7 Å². The van der Waals surface area contributed by atoms with Gasteiger partial charge in [0.25, 0.3) is 0 Å². The number of carbonyl (C=O) groups excluding carboxylic acids is 2. The van der Waals surface area contributed by atoms with E-state index >= 15 is 0 Å². The summed E-state index contributed by atoms with van der Waals surface area (Å²) in [6, 6.07) is 4.76. The molecule has 1 aliphatic heterocycles. The lowest BCUT2D eigenvalue weighted by molar-refractivity contribution is -0.182. The number of fused-ring (bicyclic) bond motifs is 1. The zero-order valence-electron chi connectivity index (χ0n) is 19.1. The molecule has 2 aromatic rings. The van der Waals surface area contributed by atoms with Gasteiger partial charge in [-0.25, -0.2) is 14.2 Å². The molecule has 33 heavy (non-hydrogen) atoms. The van der Waals surface area contributed by atoms with Crippen LogP contribution in [0.25, 0.3) is 11.0 Å². The zero-order valence-corrected chi connectivity index (χ0v) is 19.1. The fourth-order valence-electron chi connectivity index (χ4n) is 7.60. The average molecular weight is 456 g/mol. The van der Waals surface area contributed by atoms with E-state index in [2.05, 4.69) is 9.55 Å². The molecule has 4 bridgehead atoms. The average Bonchev–Trinajstić information content (AvgIpc) is 3.38. The highest BCUT2D eigenvalue weighted by atomic mass is 19.1. The van der Waals surface area contributed by atoms with Crippen LogP contribution < -0.4 is 0 Å². The molecule has 1 amide bonds. The van der Waals surface area contributed by atoms with Crippen molar-refractivity contribution in [3.8, 4) is 0 Å². The maximum Gasteiger partial charge on any atom is 0.410 e. The number of likely N-dealkylation sites (tertiary alicyclic amines) is 1. The van der Waals surface area contributed by atoms with Gasteiger partial charge in [0.1, 0.15) is 17.7 Å². The van der Waals surface area contributed by atoms with Crippen molar-refractivity contribution in [3.63, 3.8) is 0 Å². The Balaban J connectivity index is 1.15. The number of aryl methyl sites for hydroxylation is 1. The number of nitrogens with zero attached hydrogens (tertiary/aromatic N) is 3. The Morgan fingerprint density at radius 3 is 2.67 bits per heavy atom. The quantitative estimate of drug-likeness (QED) is 0.648. The van der Waals surface area contributed by atoms with Gasteiger partial charge in [-0.3, -0.25) is 4.79 Å². The molecular weight excluding hydrogens is 425 g/mol. The summed E-state index contributed by atoms with van der Waals surface area (Å²) in [5.41, 5.74) is 1.16. The van der Waals surface area contributed by atoms with Crippen molar-refractivity contribution in [2.45, 2.75) is 57.6 Å². The van der Waals surface area contributed by atoms with Gasteiger partial charge in [-0.15, -0.1) is 0 Å². The van der Waals surface area contributed by atoms with Crippen LogP contribution in [-0.4, -0.2) is 52.8 Å². The van der Waals surface area contributed by atoms with Gasteiger partial charge in [-0.1, -0.05) is 0 Å². The summed E-state index contributed by atoms with van der Waals surface area (Å²) in [5.74, 6) is 1.46. The molecule has 4 saturated carbocycles. The van der Waals surface area contributed by atoms with E-state index in [0.29, 0.717) is 24.5 Å². The number of hydrogen-bond donors (Lipinski definition) is 0. The van der Waals surface area contributed by atoms with Gasteiger partial charge in [0.05, 0.1) is 29.6 Å². The molecule has 1 aromatic heterocycles. The number of ether oxygens (including phenoxy) is 2. The summed E-state index contributed by atoms with van der Waals surface area (Å²) in [6.45, 7) is 3.10. The van der Waals surface area contributed by atoms with E-state index in [9.17, 15) is 14.0 Å². The minimum atomic E-state index is -0.369. The van der Waals surface area contributed by atoms with Crippen LogP contribution in [0.4, 0.5) is 9.18 Å². The minimum Gasteiger partial charge on any atom is -0.469 e. The number of halogens is 1. The third-order valence-corrected chi connectivity index (χ3v) is 8.66. The number of carbonyl (C=O) groups is 2.